The van der Waals surface area contributed by atoms with Gasteiger partial charge in [-0.25, -0.2) is 23.4 Å². The average Bonchev–Trinajstić information content (AvgIpc) is 3.97. The number of carbonyl (C=O) groups is 2. The second-order valence-electron chi connectivity index (χ2n) is 23.1. The van der Waals surface area contributed by atoms with Crippen molar-refractivity contribution in [3.63, 3.8) is 0 Å². The second kappa shape index (κ2) is 19.6. The highest BCUT2D eigenvalue weighted by Gasteiger charge is 2.53. The number of pyridine rings is 1. The molecule has 2 amide bonds. The molecule has 2 aromatic heterocycles. The molecule has 17 heteroatoms. The number of anilines is 1. The molecule has 2 aromatic carbocycles. The van der Waals surface area contributed by atoms with Gasteiger partial charge in [0.25, 0.3) is 0 Å². The predicted octanol–water partition coefficient (Wildman–Crippen LogP) is 10.4. The molecule has 5 fully saturated rings. The van der Waals surface area contributed by atoms with E-state index in [1.807, 2.05) is 37.8 Å². The van der Waals surface area contributed by atoms with E-state index in [1.54, 1.807) is 17.0 Å². The lowest BCUT2D eigenvalue weighted by molar-refractivity contribution is 0.00630. The number of morpholine rings is 1. The van der Waals surface area contributed by atoms with Gasteiger partial charge in [-0.05, 0) is 81.0 Å². The fourth-order valence-corrected chi connectivity index (χ4v) is 18.6. The zero-order chi connectivity index (χ0) is 51.7. The van der Waals surface area contributed by atoms with Crippen molar-refractivity contribution in [1.82, 2.24) is 29.7 Å². The number of carbonyl (C=O) groups excluding carboxylic acids is 2. The van der Waals surface area contributed by atoms with Crippen LogP contribution in [0.3, 0.4) is 0 Å². The average molecular weight is 1020 g/mol. The van der Waals surface area contributed by atoms with E-state index in [9.17, 15) is 9.59 Å². The Balaban J connectivity index is 1.08. The number of rotatable bonds is 9. The molecule has 6 aliphatic rings. The molecule has 10 rings (SSSR count). The predicted molar refractivity (Wildman–Crippen MR) is 280 cm³/mol. The van der Waals surface area contributed by atoms with Crippen molar-refractivity contribution in [3.8, 4) is 34.6 Å². The molecule has 0 N–H and O–H groups in total. The van der Waals surface area contributed by atoms with Crippen LogP contribution in [0.25, 0.3) is 32.9 Å². The van der Waals surface area contributed by atoms with Gasteiger partial charge in [-0.3, -0.25) is 9.80 Å². The van der Waals surface area contributed by atoms with Crippen LogP contribution in [-0.4, -0.2) is 144 Å². The van der Waals surface area contributed by atoms with Crippen LogP contribution in [0.1, 0.15) is 106 Å². The molecule has 2 bridgehead atoms. The smallest absolute Gasteiger partial charge is 0.410 e. The summed E-state index contributed by atoms with van der Waals surface area (Å²) in [6.45, 7) is 26.9. The molecule has 14 nitrogen and oxygen atoms in total. The molecule has 5 saturated heterocycles. The minimum Gasteiger partial charge on any atom is -0.477 e. The zero-order valence-electron chi connectivity index (χ0n) is 44.0. The number of amides is 2. The van der Waals surface area contributed by atoms with Gasteiger partial charge in [0.05, 0.1) is 49.0 Å². The van der Waals surface area contributed by atoms with Crippen LogP contribution in [0.4, 0.5) is 24.2 Å². The Hall–Kier alpha value is -5.57. The van der Waals surface area contributed by atoms with Gasteiger partial charge in [0.15, 0.2) is 5.82 Å². The lowest BCUT2D eigenvalue weighted by atomic mass is 9.94. The number of hydrogen-bond acceptors (Lipinski definition) is 12. The van der Waals surface area contributed by atoms with Crippen molar-refractivity contribution in [2.45, 2.75) is 153 Å². The number of halogens is 2. The topological polar surface area (TPSA) is 132 Å². The van der Waals surface area contributed by atoms with Gasteiger partial charge < -0.3 is 33.5 Å². The van der Waals surface area contributed by atoms with Gasteiger partial charge in [-0.15, -0.1) is 5.54 Å². The van der Waals surface area contributed by atoms with E-state index >= 15 is 8.78 Å². The molecule has 6 aliphatic heterocycles. The Morgan fingerprint density at radius 1 is 0.918 bits per heavy atom. The third kappa shape index (κ3) is 9.17. The van der Waals surface area contributed by atoms with Crippen LogP contribution in [0.5, 0.6) is 11.9 Å². The van der Waals surface area contributed by atoms with Crippen molar-refractivity contribution in [1.29, 1.82) is 0 Å². The monoisotopic (exact) mass is 1020 g/mol. The summed E-state index contributed by atoms with van der Waals surface area (Å²) in [5.41, 5.74) is 5.00. The number of hydrogen-bond donors (Lipinski definition) is 0. The summed E-state index contributed by atoms with van der Waals surface area (Å²) in [6.07, 6.45) is 3.52. The standard InChI is InChI=1S/C56H71F2N7O7Si/c1-33(2)73(34(3)4,35(5)6)27-20-40-42(57)16-14-37-12-11-13-41(45(37)40)48-47(58)49-46-50(63-30-38-15-17-44(43(63)19-24-69-51(46)59-48)65(38)54(67)72-55(8,9)10)61-52(60-49)71-32-56-21-18-39(64(56)29-36(7)28-56)31-70-53(66)62-22-25-68-26-23-62/h11-14,16,33-35,38-39,43-44H,7,15,17-19,21-26,28-32H2,1-6,8-10H3/t38-,39-,43-,44+,56-/m0/s1. The van der Waals surface area contributed by atoms with Crippen molar-refractivity contribution < 1.29 is 42.1 Å². The molecule has 4 aromatic rings. The van der Waals surface area contributed by atoms with E-state index in [0.29, 0.717) is 96.4 Å². The van der Waals surface area contributed by atoms with Gasteiger partial charge in [-0.1, -0.05) is 83.9 Å². The molecular weight excluding hydrogens is 949 g/mol. The number of piperazine rings is 1. The third-order valence-corrected chi connectivity index (χ3v) is 23.0. The zero-order valence-corrected chi connectivity index (χ0v) is 45.0. The number of fused-ring (bicyclic) bond motifs is 7. The van der Waals surface area contributed by atoms with Crippen LogP contribution < -0.4 is 14.4 Å². The van der Waals surface area contributed by atoms with Crippen LogP contribution >= 0.6 is 0 Å². The fraction of sp³-hybridized carbons (Fsp3) is 0.589. The number of benzene rings is 2. The quantitative estimate of drug-likeness (QED) is 0.0898. The van der Waals surface area contributed by atoms with Crippen molar-refractivity contribution in [3.05, 3.63) is 59.7 Å². The lowest BCUT2D eigenvalue weighted by Crippen LogP contribution is -2.62. The fourth-order valence-electron chi connectivity index (χ4n) is 13.4. The van der Waals surface area contributed by atoms with Crippen molar-refractivity contribution >= 4 is 47.8 Å². The maximum Gasteiger partial charge on any atom is 0.410 e. The SMILES string of the molecule is C=C1CN2[C@H](COC(=O)N3CCOCC3)CC[C@@]2(COc2nc3c4c(nc(-c5cccc6ccc(F)c(C#C[Si](C(C)C)(C(C)C)C(C)C)c56)c(F)c4n2)OCC[C@H]2[C@H]4CC[C@@H](CN32)N4C(=O)OC(C)(C)C)C1. The third-order valence-electron chi connectivity index (χ3n) is 16.7. The second-order valence-corrected chi connectivity index (χ2v) is 28.7. The number of nitrogens with zero attached hydrogens (tertiary/aromatic N) is 7. The van der Waals surface area contributed by atoms with Crippen molar-refractivity contribution in [2.24, 2.45) is 0 Å². The first-order chi connectivity index (χ1) is 34.8. The minimum absolute atomic E-state index is 0.0207. The first kappa shape index (κ1) is 50.9. The van der Waals surface area contributed by atoms with Crippen molar-refractivity contribution in [2.75, 3.05) is 64.1 Å². The molecule has 0 aliphatic carbocycles. The highest BCUT2D eigenvalue weighted by atomic mass is 28.3. The van der Waals surface area contributed by atoms with E-state index in [2.05, 4.69) is 69.4 Å². The maximum atomic E-state index is 18.3. The van der Waals surface area contributed by atoms with Gasteiger partial charge >= 0.3 is 18.2 Å². The Kier molecular flexibility index (Phi) is 13.7. The van der Waals surface area contributed by atoms with Crippen LogP contribution in [-0.2, 0) is 14.2 Å². The highest BCUT2D eigenvalue weighted by Crippen LogP contribution is 2.48. The van der Waals surface area contributed by atoms with E-state index in [4.69, 9.17) is 38.6 Å². The largest absolute Gasteiger partial charge is 0.477 e. The van der Waals surface area contributed by atoms with Crippen LogP contribution in [0.15, 0.2) is 42.5 Å². The Labute approximate surface area is 429 Å². The molecular formula is C56H71F2N7O7Si. The van der Waals surface area contributed by atoms with Gasteiger partial charge in [-0.2, -0.15) is 9.97 Å². The molecule has 73 heavy (non-hydrogen) atoms. The Morgan fingerprint density at radius 3 is 2.40 bits per heavy atom. The van der Waals surface area contributed by atoms with E-state index in [1.165, 1.54) is 6.07 Å². The molecule has 8 heterocycles. The molecule has 0 unspecified atom stereocenters. The molecule has 5 atom stereocenters. The van der Waals surface area contributed by atoms with Crippen LogP contribution in [0, 0.1) is 23.1 Å². The minimum atomic E-state index is -2.32. The summed E-state index contributed by atoms with van der Waals surface area (Å²) >= 11 is 0. The maximum absolute atomic E-state index is 18.3. The summed E-state index contributed by atoms with van der Waals surface area (Å²) in [7, 11) is -2.32. The highest BCUT2D eigenvalue weighted by molar-refractivity contribution is 6.90. The summed E-state index contributed by atoms with van der Waals surface area (Å²) in [4.78, 5) is 50.0. The lowest BCUT2D eigenvalue weighted by Gasteiger charge is -2.48. The summed E-state index contributed by atoms with van der Waals surface area (Å²) < 4.78 is 65.3. The molecule has 0 radical (unpaired) electrons. The summed E-state index contributed by atoms with van der Waals surface area (Å²) in [5, 5.41) is 1.46. The first-order valence-electron chi connectivity index (χ1n) is 26.4. The summed E-state index contributed by atoms with van der Waals surface area (Å²) in [6, 6.07) is 7.86. The Bertz CT molecular complexity index is 2870. The Morgan fingerprint density at radius 2 is 1.67 bits per heavy atom. The van der Waals surface area contributed by atoms with Crippen LogP contribution in [0.2, 0.25) is 16.6 Å². The van der Waals surface area contributed by atoms with Gasteiger partial charge in [0, 0.05) is 49.6 Å². The molecule has 0 spiro atoms. The summed E-state index contributed by atoms with van der Waals surface area (Å²) in [5.74, 6) is 2.72. The van der Waals surface area contributed by atoms with E-state index in [-0.39, 0.29) is 84.8 Å². The van der Waals surface area contributed by atoms with Gasteiger partial charge in [0.1, 0.15) is 55.1 Å². The van der Waals surface area contributed by atoms with E-state index < -0.39 is 30.8 Å². The molecule has 0 saturated carbocycles. The van der Waals surface area contributed by atoms with Gasteiger partial charge in [0.2, 0.25) is 5.88 Å². The first-order valence-corrected chi connectivity index (χ1v) is 28.7. The normalized spacial score (nSPS) is 24.1. The molecule has 390 valence electrons. The van der Waals surface area contributed by atoms with E-state index in [0.717, 1.165) is 31.3 Å². The number of aromatic nitrogens is 3. The number of ether oxygens (including phenoxy) is 5.